The molecule has 3 aromatic carbocycles. The van der Waals surface area contributed by atoms with E-state index in [9.17, 15) is 14.0 Å². The van der Waals surface area contributed by atoms with Gasteiger partial charge in [-0.3, -0.25) is 9.59 Å². The fourth-order valence-electron chi connectivity index (χ4n) is 4.47. The quantitative estimate of drug-likeness (QED) is 0.544. The van der Waals surface area contributed by atoms with Crippen LogP contribution in [0.4, 0.5) is 10.1 Å². The number of benzene rings is 3. The lowest BCUT2D eigenvalue weighted by Crippen LogP contribution is -2.37. The third kappa shape index (κ3) is 3.78. The van der Waals surface area contributed by atoms with Gasteiger partial charge in [-0.2, -0.15) is 0 Å². The third-order valence-electron chi connectivity index (χ3n) is 6.05. The van der Waals surface area contributed by atoms with E-state index < -0.39 is 17.6 Å². The molecular weight excluding hydrogens is 419 g/mol. The molecule has 5 rings (SSSR count). The molecule has 0 N–H and O–H groups in total. The molecule has 0 spiro atoms. The fourth-order valence-corrected chi connectivity index (χ4v) is 4.47. The summed E-state index contributed by atoms with van der Waals surface area (Å²) >= 11 is 0. The van der Waals surface area contributed by atoms with Crippen LogP contribution in [-0.4, -0.2) is 29.9 Å². The van der Waals surface area contributed by atoms with Crippen molar-refractivity contribution < 1.29 is 18.7 Å². The molecule has 33 heavy (non-hydrogen) atoms. The van der Waals surface area contributed by atoms with Gasteiger partial charge in [-0.05, 0) is 66.4 Å². The van der Waals surface area contributed by atoms with E-state index in [4.69, 9.17) is 4.74 Å². The minimum atomic E-state index is -0.426. The number of hydrogen-bond donors (Lipinski definition) is 0. The Bertz CT molecular complexity index is 1250. The number of imide groups is 1. The number of halogens is 1. The summed E-state index contributed by atoms with van der Waals surface area (Å²) in [7, 11) is 0. The molecular formula is C27H23FN2O3. The molecule has 5 nitrogen and oxygen atoms in total. The van der Waals surface area contributed by atoms with Crippen molar-refractivity contribution in [2.45, 2.75) is 19.9 Å². The Kier molecular flexibility index (Phi) is 5.42. The maximum Gasteiger partial charge on any atom is 0.282 e. The zero-order valence-electron chi connectivity index (χ0n) is 18.3. The molecule has 3 aromatic rings. The fraction of sp³-hybridized carbons (Fsp3) is 0.185. The summed E-state index contributed by atoms with van der Waals surface area (Å²) in [4.78, 5) is 30.4. The number of carbonyl (C=O) groups excluding carboxylic acids is 2. The summed E-state index contributed by atoms with van der Waals surface area (Å²) in [5.74, 6) is -0.535. The Balaban J connectivity index is 1.59. The maximum atomic E-state index is 13.7. The van der Waals surface area contributed by atoms with Gasteiger partial charge in [0.05, 0.1) is 17.9 Å². The summed E-state index contributed by atoms with van der Waals surface area (Å²) < 4.78 is 19.0. The first-order valence-corrected chi connectivity index (χ1v) is 11.0. The molecule has 0 fully saturated rings. The van der Waals surface area contributed by atoms with Gasteiger partial charge in [0.25, 0.3) is 11.8 Å². The smallest absolute Gasteiger partial charge is 0.282 e. The lowest BCUT2D eigenvalue weighted by molar-refractivity contribution is -0.120. The van der Waals surface area contributed by atoms with E-state index in [-0.39, 0.29) is 0 Å². The van der Waals surface area contributed by atoms with Gasteiger partial charge in [-0.15, -0.1) is 0 Å². The van der Waals surface area contributed by atoms with Crippen molar-refractivity contribution in [2.24, 2.45) is 0 Å². The lowest BCUT2D eigenvalue weighted by atomic mass is 9.98. The highest BCUT2D eigenvalue weighted by atomic mass is 19.1. The lowest BCUT2D eigenvalue weighted by Gasteiger charge is -2.31. The molecule has 0 aromatic heterocycles. The van der Waals surface area contributed by atoms with Gasteiger partial charge < -0.3 is 9.64 Å². The molecule has 0 radical (unpaired) electrons. The SMILES string of the molecule is CCOc1ccc(C2=C(N3CCc4ccccc4C3)C(=O)N(c3ccc(F)cc3)C2=O)cc1. The number of amides is 2. The van der Waals surface area contributed by atoms with Crippen molar-refractivity contribution >= 4 is 23.1 Å². The Morgan fingerprint density at radius 1 is 0.879 bits per heavy atom. The predicted octanol–water partition coefficient (Wildman–Crippen LogP) is 4.57. The number of fused-ring (bicyclic) bond motifs is 1. The average molecular weight is 442 g/mol. The topological polar surface area (TPSA) is 49.9 Å². The van der Waals surface area contributed by atoms with Crippen LogP contribution in [0.3, 0.4) is 0 Å². The van der Waals surface area contributed by atoms with Crippen LogP contribution in [-0.2, 0) is 22.6 Å². The molecule has 2 aliphatic rings. The van der Waals surface area contributed by atoms with Crippen molar-refractivity contribution in [3.05, 3.63) is 101 Å². The number of nitrogens with zero attached hydrogens (tertiary/aromatic N) is 2. The van der Waals surface area contributed by atoms with E-state index >= 15 is 0 Å². The number of ether oxygens (including phenoxy) is 1. The van der Waals surface area contributed by atoms with Crippen molar-refractivity contribution in [1.82, 2.24) is 4.90 Å². The second-order valence-corrected chi connectivity index (χ2v) is 8.04. The van der Waals surface area contributed by atoms with E-state index in [0.717, 1.165) is 16.9 Å². The number of rotatable bonds is 5. The summed E-state index contributed by atoms with van der Waals surface area (Å²) in [5.41, 5.74) is 4.12. The average Bonchev–Trinajstić information content (AvgIpc) is 3.10. The highest BCUT2D eigenvalue weighted by Gasteiger charge is 2.43. The highest BCUT2D eigenvalue weighted by molar-refractivity contribution is 6.45. The molecule has 0 bridgehead atoms. The Morgan fingerprint density at radius 2 is 1.58 bits per heavy atom. The predicted molar refractivity (Wildman–Crippen MR) is 124 cm³/mol. The summed E-state index contributed by atoms with van der Waals surface area (Å²) in [6.45, 7) is 3.62. The number of anilines is 1. The van der Waals surface area contributed by atoms with Crippen LogP contribution in [0.5, 0.6) is 5.75 Å². The first-order valence-electron chi connectivity index (χ1n) is 11.0. The minimum Gasteiger partial charge on any atom is -0.494 e. The standard InChI is InChI=1S/C27H23FN2O3/c1-2-33-23-13-7-19(8-14-23)24-25(29-16-15-18-5-3-4-6-20(18)17-29)27(32)30(26(24)31)22-11-9-21(28)10-12-22/h3-14H,2,15-17H2,1H3. The van der Waals surface area contributed by atoms with E-state index in [1.54, 1.807) is 24.3 Å². The Labute approximate surface area is 191 Å². The van der Waals surface area contributed by atoms with Crippen LogP contribution >= 0.6 is 0 Å². The zero-order chi connectivity index (χ0) is 22.9. The normalized spacial score (nSPS) is 15.8. The van der Waals surface area contributed by atoms with Crippen LogP contribution in [0.2, 0.25) is 0 Å². The van der Waals surface area contributed by atoms with Gasteiger partial charge in [0.2, 0.25) is 0 Å². The molecule has 166 valence electrons. The summed E-state index contributed by atoms with van der Waals surface area (Å²) in [6.07, 6.45) is 0.786. The van der Waals surface area contributed by atoms with Crippen molar-refractivity contribution in [1.29, 1.82) is 0 Å². The largest absolute Gasteiger partial charge is 0.494 e. The van der Waals surface area contributed by atoms with Crippen LogP contribution in [0, 0.1) is 5.82 Å². The summed E-state index contributed by atoms with van der Waals surface area (Å²) in [6, 6.07) is 20.8. The summed E-state index contributed by atoms with van der Waals surface area (Å²) in [5, 5.41) is 0. The van der Waals surface area contributed by atoms with Gasteiger partial charge in [0.15, 0.2) is 0 Å². The maximum absolute atomic E-state index is 13.7. The second-order valence-electron chi connectivity index (χ2n) is 8.04. The van der Waals surface area contributed by atoms with Gasteiger partial charge in [-0.1, -0.05) is 36.4 Å². The van der Waals surface area contributed by atoms with Crippen LogP contribution < -0.4 is 9.64 Å². The Morgan fingerprint density at radius 3 is 2.27 bits per heavy atom. The van der Waals surface area contributed by atoms with Crippen molar-refractivity contribution in [3.8, 4) is 5.75 Å². The van der Waals surface area contributed by atoms with E-state index in [1.807, 2.05) is 24.0 Å². The number of hydrogen-bond acceptors (Lipinski definition) is 4. The van der Waals surface area contributed by atoms with Gasteiger partial charge in [-0.25, -0.2) is 9.29 Å². The zero-order valence-corrected chi connectivity index (χ0v) is 18.3. The molecule has 2 aliphatic heterocycles. The minimum absolute atomic E-state index is 0.349. The van der Waals surface area contributed by atoms with Gasteiger partial charge in [0, 0.05) is 13.1 Å². The monoisotopic (exact) mass is 442 g/mol. The van der Waals surface area contributed by atoms with Crippen molar-refractivity contribution in [2.75, 3.05) is 18.1 Å². The molecule has 2 heterocycles. The third-order valence-corrected chi connectivity index (χ3v) is 6.05. The first-order chi connectivity index (χ1) is 16.1. The molecule has 2 amide bonds. The van der Waals surface area contributed by atoms with Gasteiger partial charge in [0.1, 0.15) is 17.3 Å². The van der Waals surface area contributed by atoms with Crippen LogP contribution in [0.1, 0.15) is 23.6 Å². The molecule has 6 heteroatoms. The number of carbonyl (C=O) groups is 2. The van der Waals surface area contributed by atoms with Crippen LogP contribution in [0.15, 0.2) is 78.5 Å². The molecule has 0 atom stereocenters. The Hall–Kier alpha value is -3.93. The first kappa shape index (κ1) is 20.9. The molecule has 0 aliphatic carbocycles. The van der Waals surface area contributed by atoms with E-state index in [2.05, 4.69) is 12.1 Å². The van der Waals surface area contributed by atoms with Gasteiger partial charge >= 0.3 is 0 Å². The molecule has 0 unspecified atom stereocenters. The second kappa shape index (κ2) is 8.54. The molecule has 0 saturated heterocycles. The van der Waals surface area contributed by atoms with E-state index in [0.29, 0.717) is 48.0 Å². The highest BCUT2D eigenvalue weighted by Crippen LogP contribution is 2.37. The van der Waals surface area contributed by atoms with Crippen molar-refractivity contribution in [3.63, 3.8) is 0 Å². The van der Waals surface area contributed by atoms with Crippen LogP contribution in [0.25, 0.3) is 5.57 Å². The van der Waals surface area contributed by atoms with E-state index in [1.165, 1.54) is 29.8 Å². The molecule has 0 saturated carbocycles.